The maximum atomic E-state index is 10.7. The summed E-state index contributed by atoms with van der Waals surface area (Å²) in [5, 5.41) is 12.9. The molecule has 88 valence electrons. The lowest BCUT2D eigenvalue weighted by atomic mass is 10.2. The molecule has 1 fully saturated rings. The van der Waals surface area contributed by atoms with Crippen LogP contribution in [0.25, 0.3) is 0 Å². The second kappa shape index (κ2) is 5.70. The van der Waals surface area contributed by atoms with Crippen LogP contribution >= 0.6 is 23.1 Å². The number of rotatable bonds is 5. The molecule has 1 aromatic rings. The van der Waals surface area contributed by atoms with E-state index in [4.69, 9.17) is 5.11 Å². The first-order valence-electron chi connectivity index (χ1n) is 5.40. The quantitative estimate of drug-likeness (QED) is 0.850. The van der Waals surface area contributed by atoms with Gasteiger partial charge in [0.2, 0.25) is 0 Å². The van der Waals surface area contributed by atoms with Crippen LogP contribution in [0.4, 0.5) is 0 Å². The van der Waals surface area contributed by atoms with Gasteiger partial charge in [0.05, 0.1) is 0 Å². The average Bonchev–Trinajstić information content (AvgIpc) is 2.87. The lowest BCUT2D eigenvalue weighted by molar-refractivity contribution is 0.0702. The Kier molecular flexibility index (Phi) is 4.26. The van der Waals surface area contributed by atoms with Crippen LogP contribution in [0.5, 0.6) is 0 Å². The first-order valence-corrected chi connectivity index (χ1v) is 7.26. The smallest absolute Gasteiger partial charge is 0.345 e. The number of hydrogen-bond donors (Lipinski definition) is 2. The fraction of sp³-hybridized carbons (Fsp3) is 0.545. The molecular formula is C11H15NO2S2. The van der Waals surface area contributed by atoms with Crippen molar-refractivity contribution in [3.8, 4) is 0 Å². The fourth-order valence-corrected chi connectivity index (χ4v) is 3.80. The third-order valence-corrected chi connectivity index (χ3v) is 5.04. The van der Waals surface area contributed by atoms with Crippen LogP contribution in [0.3, 0.4) is 0 Å². The first kappa shape index (κ1) is 12.0. The van der Waals surface area contributed by atoms with Gasteiger partial charge in [0.15, 0.2) is 0 Å². The van der Waals surface area contributed by atoms with Crippen molar-refractivity contribution in [1.82, 2.24) is 5.32 Å². The molecule has 0 aliphatic carbocycles. The summed E-state index contributed by atoms with van der Waals surface area (Å²) in [4.78, 5) is 12.2. The monoisotopic (exact) mass is 257 g/mol. The highest BCUT2D eigenvalue weighted by Crippen LogP contribution is 2.25. The molecule has 1 aliphatic heterocycles. The third kappa shape index (κ3) is 3.23. The van der Waals surface area contributed by atoms with Gasteiger partial charge in [-0.3, -0.25) is 0 Å². The number of carboxylic acids is 1. The number of hydrogen-bond acceptors (Lipinski definition) is 4. The predicted molar refractivity (Wildman–Crippen MR) is 68.5 cm³/mol. The van der Waals surface area contributed by atoms with Crippen LogP contribution in [-0.2, 0) is 6.54 Å². The Bertz CT molecular complexity index is 359. The predicted octanol–water partition coefficient (Wildman–Crippen LogP) is 2.43. The summed E-state index contributed by atoms with van der Waals surface area (Å²) in [6, 6.07) is 3.57. The van der Waals surface area contributed by atoms with Crippen molar-refractivity contribution in [2.75, 3.05) is 12.3 Å². The molecule has 0 aromatic carbocycles. The van der Waals surface area contributed by atoms with E-state index in [1.807, 2.05) is 17.8 Å². The van der Waals surface area contributed by atoms with Gasteiger partial charge in [-0.1, -0.05) is 0 Å². The first-order chi connectivity index (χ1) is 7.75. The summed E-state index contributed by atoms with van der Waals surface area (Å²) in [6.45, 7) is 1.82. The number of carboxylic acid groups (broad SMARTS) is 1. The third-order valence-electron chi connectivity index (χ3n) is 2.57. The minimum Gasteiger partial charge on any atom is -0.477 e. The van der Waals surface area contributed by atoms with Gasteiger partial charge in [-0.25, -0.2) is 4.79 Å². The molecule has 0 amide bonds. The van der Waals surface area contributed by atoms with Gasteiger partial charge >= 0.3 is 5.97 Å². The molecule has 2 N–H and O–H groups in total. The molecule has 0 saturated carbocycles. The molecular weight excluding hydrogens is 242 g/mol. The molecule has 16 heavy (non-hydrogen) atoms. The highest BCUT2D eigenvalue weighted by Gasteiger charge is 2.14. The van der Waals surface area contributed by atoms with Gasteiger partial charge in [0, 0.05) is 23.2 Å². The van der Waals surface area contributed by atoms with Gasteiger partial charge in [-0.15, -0.1) is 11.3 Å². The normalized spacial score (nSPS) is 20.1. The zero-order chi connectivity index (χ0) is 11.4. The highest BCUT2D eigenvalue weighted by atomic mass is 32.2. The van der Waals surface area contributed by atoms with Gasteiger partial charge < -0.3 is 10.4 Å². The van der Waals surface area contributed by atoms with Crippen molar-refractivity contribution in [3.63, 3.8) is 0 Å². The minimum atomic E-state index is -0.831. The molecule has 1 aromatic heterocycles. The average molecular weight is 257 g/mol. The molecule has 2 rings (SSSR count). The summed E-state index contributed by atoms with van der Waals surface area (Å²) < 4.78 is 0. The largest absolute Gasteiger partial charge is 0.477 e. The van der Waals surface area contributed by atoms with Gasteiger partial charge in [0.25, 0.3) is 0 Å². The lowest BCUT2D eigenvalue weighted by Crippen LogP contribution is -2.22. The standard InChI is InChI=1S/C11H15NO2S2/c13-11(14)10-4-3-9(16-10)7-12-6-8-2-1-5-15-8/h3-4,8,12H,1-2,5-7H2,(H,13,14). The molecule has 5 heteroatoms. The fourth-order valence-electron chi connectivity index (χ4n) is 1.75. The lowest BCUT2D eigenvalue weighted by Gasteiger charge is -2.08. The van der Waals surface area contributed by atoms with E-state index >= 15 is 0 Å². The van der Waals surface area contributed by atoms with E-state index in [1.165, 1.54) is 29.9 Å². The number of aromatic carboxylic acids is 1. The van der Waals surface area contributed by atoms with Crippen molar-refractivity contribution in [1.29, 1.82) is 0 Å². The SMILES string of the molecule is O=C(O)c1ccc(CNCC2CCCS2)s1. The summed E-state index contributed by atoms with van der Waals surface area (Å²) in [7, 11) is 0. The van der Waals surface area contributed by atoms with Crippen LogP contribution in [-0.4, -0.2) is 28.6 Å². The van der Waals surface area contributed by atoms with Crippen LogP contribution in [0.2, 0.25) is 0 Å². The van der Waals surface area contributed by atoms with E-state index in [1.54, 1.807) is 6.07 Å². The number of nitrogens with one attached hydrogen (secondary N) is 1. The zero-order valence-electron chi connectivity index (χ0n) is 8.94. The van der Waals surface area contributed by atoms with E-state index in [9.17, 15) is 4.79 Å². The van der Waals surface area contributed by atoms with E-state index in [0.717, 1.165) is 23.2 Å². The van der Waals surface area contributed by atoms with Crippen molar-refractivity contribution in [2.24, 2.45) is 0 Å². The molecule has 0 radical (unpaired) electrons. The zero-order valence-corrected chi connectivity index (χ0v) is 10.6. The van der Waals surface area contributed by atoms with Crippen LogP contribution in [0.15, 0.2) is 12.1 Å². The van der Waals surface area contributed by atoms with Crippen LogP contribution < -0.4 is 5.32 Å². The molecule has 1 saturated heterocycles. The van der Waals surface area contributed by atoms with E-state index < -0.39 is 5.97 Å². The summed E-state index contributed by atoms with van der Waals surface area (Å²) in [5.41, 5.74) is 0. The number of thiophene rings is 1. The minimum absolute atomic E-state index is 0.423. The van der Waals surface area contributed by atoms with Gasteiger partial charge in [-0.2, -0.15) is 11.8 Å². The Hall–Kier alpha value is -0.520. The van der Waals surface area contributed by atoms with Gasteiger partial charge in [0.1, 0.15) is 4.88 Å². The van der Waals surface area contributed by atoms with Crippen molar-refractivity contribution in [2.45, 2.75) is 24.6 Å². The molecule has 2 heterocycles. The summed E-state index contributed by atoms with van der Waals surface area (Å²) in [6.07, 6.45) is 2.64. The van der Waals surface area contributed by atoms with Crippen molar-refractivity contribution >= 4 is 29.1 Å². The maximum absolute atomic E-state index is 10.7. The molecule has 3 nitrogen and oxygen atoms in total. The van der Waals surface area contributed by atoms with E-state index in [-0.39, 0.29) is 0 Å². The Morgan fingerprint density at radius 3 is 3.06 bits per heavy atom. The van der Waals surface area contributed by atoms with Crippen molar-refractivity contribution in [3.05, 3.63) is 21.9 Å². The van der Waals surface area contributed by atoms with Gasteiger partial charge in [-0.05, 0) is 30.7 Å². The Balaban J connectivity index is 1.74. The molecule has 1 aliphatic rings. The van der Waals surface area contributed by atoms with E-state index in [0.29, 0.717) is 4.88 Å². The molecule has 1 atom stereocenters. The maximum Gasteiger partial charge on any atom is 0.345 e. The van der Waals surface area contributed by atoms with Crippen LogP contribution in [0, 0.1) is 0 Å². The number of thioether (sulfide) groups is 1. The van der Waals surface area contributed by atoms with Crippen LogP contribution in [0.1, 0.15) is 27.4 Å². The second-order valence-corrected chi connectivity index (χ2v) is 6.41. The molecule has 0 bridgehead atoms. The number of carbonyl (C=O) groups is 1. The van der Waals surface area contributed by atoms with Crippen molar-refractivity contribution < 1.29 is 9.90 Å². The van der Waals surface area contributed by atoms with E-state index in [2.05, 4.69) is 5.32 Å². The Morgan fingerprint density at radius 2 is 2.44 bits per heavy atom. The summed E-state index contributed by atoms with van der Waals surface area (Å²) >= 11 is 3.39. The Morgan fingerprint density at radius 1 is 1.56 bits per heavy atom. The second-order valence-electron chi connectivity index (χ2n) is 3.84. The Labute approximate surface area is 103 Å². The molecule has 1 unspecified atom stereocenters. The highest BCUT2D eigenvalue weighted by molar-refractivity contribution is 8.00. The summed E-state index contributed by atoms with van der Waals surface area (Å²) in [5.74, 6) is 0.455. The molecule has 0 spiro atoms. The topological polar surface area (TPSA) is 49.3 Å².